The molecule has 2 amide bonds. The fourth-order valence-corrected chi connectivity index (χ4v) is 6.68. The summed E-state index contributed by atoms with van der Waals surface area (Å²) in [6.45, 7) is 5.84. The first-order valence-electron chi connectivity index (χ1n) is 14.6. The first kappa shape index (κ1) is 34.2. The number of hydrogen-bond acceptors (Lipinski definition) is 4. The summed E-state index contributed by atoms with van der Waals surface area (Å²) in [5.74, 6) is -0.648. The standard InChI is InChI=1S/C35H37BrClN3O4S/c1-25(2)22-38-35(42)33(20-27-8-5-4-6-9-27)39(23-28-14-16-30(37)17-15-28)34(41)24-40(31-11-7-10-29(36)21-31)45(43,44)32-18-12-26(3)13-19-32/h4-19,21,25,33H,20,22-24H2,1-3H3,(H,38,42)/t33-/m1/s1. The van der Waals surface area contributed by atoms with Gasteiger partial charge >= 0.3 is 0 Å². The van der Waals surface area contributed by atoms with Crippen LogP contribution in [0.15, 0.2) is 112 Å². The minimum absolute atomic E-state index is 0.0561. The molecule has 0 radical (unpaired) electrons. The predicted octanol–water partition coefficient (Wildman–Crippen LogP) is 7.02. The number of carbonyl (C=O) groups is 2. The Kier molecular flexibility index (Phi) is 11.8. The molecule has 0 aromatic heterocycles. The molecule has 236 valence electrons. The molecule has 4 rings (SSSR count). The molecular weight excluding hydrogens is 674 g/mol. The van der Waals surface area contributed by atoms with Crippen LogP contribution in [0.4, 0.5) is 5.69 Å². The van der Waals surface area contributed by atoms with Crippen LogP contribution in [0.5, 0.6) is 0 Å². The molecule has 0 saturated carbocycles. The van der Waals surface area contributed by atoms with Gasteiger partial charge in [-0.3, -0.25) is 13.9 Å². The highest BCUT2D eigenvalue weighted by Gasteiger charge is 2.34. The van der Waals surface area contributed by atoms with Crippen LogP contribution in [-0.2, 0) is 32.6 Å². The van der Waals surface area contributed by atoms with Gasteiger partial charge in [0, 0.05) is 29.0 Å². The van der Waals surface area contributed by atoms with E-state index in [-0.39, 0.29) is 29.7 Å². The molecule has 0 aliphatic heterocycles. The highest BCUT2D eigenvalue weighted by atomic mass is 79.9. The van der Waals surface area contributed by atoms with Crippen LogP contribution in [0.1, 0.15) is 30.5 Å². The summed E-state index contributed by atoms with van der Waals surface area (Å²) in [5, 5.41) is 3.53. The maximum atomic E-state index is 14.5. The number of nitrogens with one attached hydrogen (secondary N) is 1. The van der Waals surface area contributed by atoms with Crippen LogP contribution >= 0.6 is 27.5 Å². The molecule has 0 spiro atoms. The van der Waals surface area contributed by atoms with Gasteiger partial charge in [-0.2, -0.15) is 0 Å². The van der Waals surface area contributed by atoms with Crippen molar-refractivity contribution < 1.29 is 18.0 Å². The van der Waals surface area contributed by atoms with Crippen LogP contribution in [0.25, 0.3) is 0 Å². The van der Waals surface area contributed by atoms with Gasteiger partial charge in [-0.05, 0) is 66.4 Å². The maximum absolute atomic E-state index is 14.5. The Labute approximate surface area is 279 Å². The lowest BCUT2D eigenvalue weighted by atomic mass is 10.0. The van der Waals surface area contributed by atoms with Crippen molar-refractivity contribution in [2.24, 2.45) is 5.92 Å². The van der Waals surface area contributed by atoms with E-state index in [0.29, 0.717) is 21.7 Å². The van der Waals surface area contributed by atoms with Crippen molar-refractivity contribution in [3.8, 4) is 0 Å². The Morgan fingerprint density at radius 3 is 2.16 bits per heavy atom. The minimum Gasteiger partial charge on any atom is -0.354 e. The van der Waals surface area contributed by atoms with Crippen LogP contribution < -0.4 is 9.62 Å². The Bertz CT molecular complexity index is 1700. The second kappa shape index (κ2) is 15.6. The molecule has 7 nitrogen and oxygen atoms in total. The van der Waals surface area contributed by atoms with E-state index in [1.165, 1.54) is 17.0 Å². The fourth-order valence-electron chi connectivity index (χ4n) is 4.76. The monoisotopic (exact) mass is 709 g/mol. The smallest absolute Gasteiger partial charge is 0.264 e. The van der Waals surface area contributed by atoms with Gasteiger partial charge in [-0.15, -0.1) is 0 Å². The lowest BCUT2D eigenvalue weighted by molar-refractivity contribution is -0.140. The maximum Gasteiger partial charge on any atom is 0.264 e. The quantitative estimate of drug-likeness (QED) is 0.162. The number of anilines is 1. The van der Waals surface area contributed by atoms with E-state index in [2.05, 4.69) is 21.2 Å². The van der Waals surface area contributed by atoms with Crippen LogP contribution in [0.2, 0.25) is 5.02 Å². The lowest BCUT2D eigenvalue weighted by Crippen LogP contribution is -2.53. The molecule has 4 aromatic rings. The molecule has 45 heavy (non-hydrogen) atoms. The number of halogens is 2. The third-order valence-electron chi connectivity index (χ3n) is 7.21. The zero-order valence-electron chi connectivity index (χ0n) is 25.5. The molecule has 1 atom stereocenters. The van der Waals surface area contributed by atoms with E-state index < -0.39 is 28.5 Å². The number of benzene rings is 4. The van der Waals surface area contributed by atoms with Crippen LogP contribution in [0.3, 0.4) is 0 Å². The highest BCUT2D eigenvalue weighted by Crippen LogP contribution is 2.27. The fraction of sp³-hybridized carbons (Fsp3) is 0.257. The zero-order chi connectivity index (χ0) is 32.6. The number of amides is 2. The number of carbonyl (C=O) groups excluding carboxylic acids is 2. The Morgan fingerprint density at radius 1 is 0.867 bits per heavy atom. The molecule has 10 heteroatoms. The first-order valence-corrected chi connectivity index (χ1v) is 17.3. The number of nitrogens with zero attached hydrogens (tertiary/aromatic N) is 2. The molecule has 0 bridgehead atoms. The second-order valence-electron chi connectivity index (χ2n) is 11.3. The minimum atomic E-state index is -4.17. The van der Waals surface area contributed by atoms with Crippen molar-refractivity contribution in [1.29, 1.82) is 0 Å². The summed E-state index contributed by atoms with van der Waals surface area (Å²) in [4.78, 5) is 29.9. The average molecular weight is 711 g/mol. The number of sulfonamides is 1. The van der Waals surface area contributed by atoms with Crippen LogP contribution in [0, 0.1) is 12.8 Å². The van der Waals surface area contributed by atoms with Gasteiger partial charge in [0.25, 0.3) is 10.0 Å². The van der Waals surface area contributed by atoms with Crippen molar-refractivity contribution in [2.45, 2.75) is 44.7 Å². The van der Waals surface area contributed by atoms with Crippen molar-refractivity contribution in [2.75, 3.05) is 17.4 Å². The Balaban J connectivity index is 1.79. The van der Waals surface area contributed by atoms with Gasteiger partial charge in [0.2, 0.25) is 11.8 Å². The number of hydrogen-bond donors (Lipinski definition) is 1. The zero-order valence-corrected chi connectivity index (χ0v) is 28.6. The molecule has 0 saturated heterocycles. The van der Waals surface area contributed by atoms with E-state index in [9.17, 15) is 18.0 Å². The van der Waals surface area contributed by atoms with Gasteiger partial charge in [-0.25, -0.2) is 8.42 Å². The summed E-state index contributed by atoms with van der Waals surface area (Å²) < 4.78 is 30.0. The van der Waals surface area contributed by atoms with Crippen molar-refractivity contribution in [3.63, 3.8) is 0 Å². The molecule has 0 heterocycles. The van der Waals surface area contributed by atoms with E-state index >= 15 is 0 Å². The van der Waals surface area contributed by atoms with Crippen molar-refractivity contribution >= 4 is 55.1 Å². The summed E-state index contributed by atoms with van der Waals surface area (Å²) in [6, 6.07) is 28.9. The summed E-state index contributed by atoms with van der Waals surface area (Å²) in [5.41, 5.74) is 2.84. The van der Waals surface area contributed by atoms with E-state index in [4.69, 9.17) is 11.6 Å². The summed E-state index contributed by atoms with van der Waals surface area (Å²) >= 11 is 9.58. The van der Waals surface area contributed by atoms with Gasteiger partial charge < -0.3 is 10.2 Å². The van der Waals surface area contributed by atoms with Gasteiger partial charge in [-0.1, -0.05) is 108 Å². The Morgan fingerprint density at radius 2 is 1.53 bits per heavy atom. The van der Waals surface area contributed by atoms with Crippen molar-refractivity contribution in [3.05, 3.63) is 129 Å². The third-order valence-corrected chi connectivity index (χ3v) is 9.74. The Hall–Kier alpha value is -3.66. The largest absolute Gasteiger partial charge is 0.354 e. The second-order valence-corrected chi connectivity index (χ2v) is 14.5. The van der Waals surface area contributed by atoms with Gasteiger partial charge in [0.05, 0.1) is 10.6 Å². The van der Waals surface area contributed by atoms with Crippen LogP contribution in [-0.4, -0.2) is 44.3 Å². The van der Waals surface area contributed by atoms with Gasteiger partial charge in [0.1, 0.15) is 12.6 Å². The molecule has 0 fully saturated rings. The predicted molar refractivity (Wildman–Crippen MR) is 184 cm³/mol. The SMILES string of the molecule is Cc1ccc(S(=O)(=O)N(CC(=O)N(Cc2ccc(Cl)cc2)[C@H](Cc2ccccc2)C(=O)NCC(C)C)c2cccc(Br)c2)cc1. The number of rotatable bonds is 13. The highest BCUT2D eigenvalue weighted by molar-refractivity contribution is 9.10. The van der Waals surface area contributed by atoms with E-state index in [1.807, 2.05) is 51.1 Å². The number of aryl methyl sites for hydroxylation is 1. The first-order chi connectivity index (χ1) is 21.4. The molecule has 0 aliphatic carbocycles. The molecule has 0 aliphatic rings. The summed E-state index contributed by atoms with van der Waals surface area (Å²) in [7, 11) is -4.17. The van der Waals surface area contributed by atoms with Gasteiger partial charge in [0.15, 0.2) is 0 Å². The third kappa shape index (κ3) is 9.42. The molecular formula is C35H37BrClN3O4S. The average Bonchev–Trinajstić information content (AvgIpc) is 3.01. The van der Waals surface area contributed by atoms with E-state index in [0.717, 1.165) is 21.0 Å². The molecule has 0 unspecified atom stereocenters. The molecule has 1 N–H and O–H groups in total. The normalized spacial score (nSPS) is 12.0. The van der Waals surface area contributed by atoms with E-state index in [1.54, 1.807) is 60.7 Å². The summed E-state index contributed by atoms with van der Waals surface area (Å²) in [6.07, 6.45) is 0.242. The van der Waals surface area contributed by atoms with Crippen molar-refractivity contribution in [1.82, 2.24) is 10.2 Å². The lowest BCUT2D eigenvalue weighted by Gasteiger charge is -2.34. The topological polar surface area (TPSA) is 86.8 Å². The molecule has 4 aromatic carbocycles.